The highest BCUT2D eigenvalue weighted by Gasteiger charge is 2.32. The van der Waals surface area contributed by atoms with Crippen LogP contribution in [0.4, 0.5) is 5.82 Å². The number of hydrogen-bond acceptors (Lipinski definition) is 5. The van der Waals surface area contributed by atoms with E-state index in [1.54, 1.807) is 35.0 Å². The fourth-order valence-corrected chi connectivity index (χ4v) is 3.85. The Balaban J connectivity index is 1.62. The predicted molar refractivity (Wildman–Crippen MR) is 131 cm³/mol. The molecule has 8 heteroatoms. The van der Waals surface area contributed by atoms with Gasteiger partial charge in [-0.3, -0.25) is 14.6 Å². The van der Waals surface area contributed by atoms with Crippen LogP contribution in [0.2, 0.25) is 0 Å². The van der Waals surface area contributed by atoms with Crippen molar-refractivity contribution in [1.82, 2.24) is 20.1 Å². The van der Waals surface area contributed by atoms with E-state index < -0.39 is 0 Å². The zero-order valence-corrected chi connectivity index (χ0v) is 19.7. The molecule has 0 saturated carbocycles. The molecule has 33 heavy (non-hydrogen) atoms. The van der Waals surface area contributed by atoms with Gasteiger partial charge >= 0.3 is 0 Å². The van der Waals surface area contributed by atoms with Crippen LogP contribution in [0.3, 0.4) is 0 Å². The number of carbonyl (C=O) groups excluding carboxylic acids is 2. The second kappa shape index (κ2) is 10.8. The van der Waals surface area contributed by atoms with Crippen molar-refractivity contribution in [3.63, 3.8) is 0 Å². The van der Waals surface area contributed by atoms with E-state index in [0.29, 0.717) is 31.1 Å². The molecule has 3 N–H and O–H groups in total. The average Bonchev–Trinajstić information content (AvgIpc) is 2.83. The van der Waals surface area contributed by atoms with Gasteiger partial charge in [-0.1, -0.05) is 48.9 Å². The number of amides is 2. The van der Waals surface area contributed by atoms with Crippen molar-refractivity contribution < 1.29 is 9.59 Å². The second-order valence-electron chi connectivity index (χ2n) is 8.28. The molecule has 0 radical (unpaired) electrons. The first kappa shape index (κ1) is 24.0. The molecule has 1 saturated heterocycles. The fourth-order valence-electron chi connectivity index (χ4n) is 3.85. The Bertz CT molecular complexity index is 1050. The van der Waals surface area contributed by atoms with Gasteiger partial charge in [-0.15, -0.1) is 0 Å². The minimum atomic E-state index is -0.185. The molecule has 1 aliphatic rings. The minimum Gasteiger partial charge on any atom is -0.384 e. The number of nitrogens with one attached hydrogen (secondary N) is 1. The number of amidine groups is 1. The summed E-state index contributed by atoms with van der Waals surface area (Å²) in [6, 6.07) is 15.0. The third kappa shape index (κ3) is 5.77. The van der Waals surface area contributed by atoms with Crippen LogP contribution < -0.4 is 11.1 Å². The summed E-state index contributed by atoms with van der Waals surface area (Å²) >= 11 is 0. The monoisotopic (exact) mass is 448 g/mol. The lowest BCUT2D eigenvalue weighted by atomic mass is 9.95. The highest BCUT2D eigenvalue weighted by atomic mass is 16.2. The molecule has 2 amide bonds. The number of hydrogen-bond donors (Lipinski definition) is 2. The highest BCUT2D eigenvalue weighted by molar-refractivity contribution is 6.38. The van der Waals surface area contributed by atoms with E-state index in [1.165, 1.54) is 5.56 Å². The highest BCUT2D eigenvalue weighted by Crippen LogP contribution is 2.22. The van der Waals surface area contributed by atoms with Gasteiger partial charge in [0.05, 0.1) is 0 Å². The number of benzene rings is 1. The van der Waals surface area contributed by atoms with E-state index in [-0.39, 0.29) is 29.6 Å². The molecule has 0 spiro atoms. The quantitative estimate of drug-likeness (QED) is 0.553. The normalized spacial score (nSPS) is 18.1. The second-order valence-corrected chi connectivity index (χ2v) is 8.28. The van der Waals surface area contributed by atoms with E-state index in [1.807, 2.05) is 38.2 Å². The lowest BCUT2D eigenvalue weighted by Crippen LogP contribution is -2.58. The smallest absolute Gasteiger partial charge is 0.289 e. The Kier molecular flexibility index (Phi) is 7.82. The van der Waals surface area contributed by atoms with Crippen molar-refractivity contribution in [2.45, 2.75) is 32.7 Å². The van der Waals surface area contributed by atoms with Crippen LogP contribution in [-0.2, 0) is 4.79 Å². The Morgan fingerprint density at radius 3 is 2.55 bits per heavy atom. The van der Waals surface area contributed by atoms with Crippen LogP contribution in [0, 0.1) is 0 Å². The van der Waals surface area contributed by atoms with Gasteiger partial charge in [0.1, 0.15) is 11.5 Å². The van der Waals surface area contributed by atoms with Gasteiger partial charge in [0.25, 0.3) is 11.8 Å². The Labute approximate surface area is 195 Å². The van der Waals surface area contributed by atoms with Crippen LogP contribution in [0.15, 0.2) is 65.3 Å². The lowest BCUT2D eigenvalue weighted by molar-refractivity contribution is -0.128. The van der Waals surface area contributed by atoms with Crippen LogP contribution >= 0.6 is 0 Å². The van der Waals surface area contributed by atoms with Crippen molar-refractivity contribution in [2.24, 2.45) is 4.99 Å². The summed E-state index contributed by atoms with van der Waals surface area (Å²) in [7, 11) is 1.60. The van der Waals surface area contributed by atoms with Crippen molar-refractivity contribution in [2.75, 3.05) is 32.4 Å². The van der Waals surface area contributed by atoms with E-state index in [0.717, 1.165) is 5.57 Å². The molecule has 3 rings (SSSR count). The van der Waals surface area contributed by atoms with Gasteiger partial charge in [-0.25, -0.2) is 4.98 Å². The number of nitrogens with zero attached hydrogens (tertiary/aromatic N) is 4. The maximum atomic E-state index is 13.2. The summed E-state index contributed by atoms with van der Waals surface area (Å²) < 4.78 is 0. The SMILES string of the molecule is CN=C(N/C=C(\C)C(C)c1ccccc1)C(=O)N1CCN(C(=O)c2cccc(N)n2)CC1C. The standard InChI is InChI=1S/C25H32N6O2/c1-17(19(3)20-9-6-5-7-10-20)15-28-23(27-4)25(33)31-14-13-30(16-18(31)2)24(32)21-11-8-12-22(26)29-21/h5-12,15,18-19H,13-14,16H2,1-4H3,(H2,26,29)(H,27,28)/b17-15+. The number of allylic oxidation sites excluding steroid dienone is 1. The molecular weight excluding hydrogens is 416 g/mol. The molecule has 2 atom stereocenters. The molecule has 2 unspecified atom stereocenters. The molecule has 1 aromatic carbocycles. The third-order valence-corrected chi connectivity index (χ3v) is 6.01. The maximum absolute atomic E-state index is 13.2. The van der Waals surface area contributed by atoms with E-state index >= 15 is 0 Å². The number of pyridine rings is 1. The first-order valence-corrected chi connectivity index (χ1v) is 11.1. The molecule has 2 heterocycles. The van der Waals surface area contributed by atoms with Gasteiger partial charge in [0, 0.05) is 44.8 Å². The van der Waals surface area contributed by atoms with Crippen LogP contribution in [0.25, 0.3) is 0 Å². The van der Waals surface area contributed by atoms with Gasteiger partial charge in [0.15, 0.2) is 5.84 Å². The van der Waals surface area contributed by atoms with Gasteiger partial charge < -0.3 is 20.9 Å². The third-order valence-electron chi connectivity index (χ3n) is 6.01. The molecule has 174 valence electrons. The summed E-state index contributed by atoms with van der Waals surface area (Å²) in [5.41, 5.74) is 8.32. The van der Waals surface area contributed by atoms with Crippen LogP contribution in [0.1, 0.15) is 42.7 Å². The van der Waals surface area contributed by atoms with E-state index in [4.69, 9.17) is 5.73 Å². The maximum Gasteiger partial charge on any atom is 0.289 e. The predicted octanol–water partition coefficient (Wildman–Crippen LogP) is 2.66. The van der Waals surface area contributed by atoms with E-state index in [2.05, 4.69) is 34.3 Å². The molecule has 8 nitrogen and oxygen atoms in total. The van der Waals surface area contributed by atoms with Crippen molar-refractivity contribution in [1.29, 1.82) is 0 Å². The zero-order valence-electron chi connectivity index (χ0n) is 19.7. The summed E-state index contributed by atoms with van der Waals surface area (Å²) in [4.78, 5) is 37.7. The largest absolute Gasteiger partial charge is 0.384 e. The average molecular weight is 449 g/mol. The number of nitrogens with two attached hydrogens (primary N) is 1. The Morgan fingerprint density at radius 1 is 1.18 bits per heavy atom. The first-order chi connectivity index (χ1) is 15.8. The molecule has 0 aliphatic carbocycles. The molecule has 0 bridgehead atoms. The number of aromatic nitrogens is 1. The van der Waals surface area contributed by atoms with Gasteiger partial charge in [-0.2, -0.15) is 0 Å². The number of nitrogen functional groups attached to an aromatic ring is 1. The van der Waals surface area contributed by atoms with Crippen molar-refractivity contribution in [3.8, 4) is 0 Å². The molecule has 1 aliphatic heterocycles. The minimum absolute atomic E-state index is 0.164. The lowest BCUT2D eigenvalue weighted by Gasteiger charge is -2.39. The van der Waals surface area contributed by atoms with Crippen molar-refractivity contribution in [3.05, 3.63) is 71.6 Å². The summed E-state index contributed by atoms with van der Waals surface area (Å²) in [6.07, 6.45) is 1.84. The van der Waals surface area contributed by atoms with Gasteiger partial charge in [0.2, 0.25) is 0 Å². The Hall–Kier alpha value is -3.68. The van der Waals surface area contributed by atoms with Gasteiger partial charge in [-0.05, 0) is 31.5 Å². The summed E-state index contributed by atoms with van der Waals surface area (Å²) in [5.74, 6) is 0.426. The van der Waals surface area contributed by atoms with Crippen LogP contribution in [-0.4, -0.2) is 65.2 Å². The summed E-state index contributed by atoms with van der Waals surface area (Å²) in [6.45, 7) is 7.33. The van der Waals surface area contributed by atoms with E-state index in [9.17, 15) is 9.59 Å². The first-order valence-electron chi connectivity index (χ1n) is 11.1. The van der Waals surface area contributed by atoms with Crippen molar-refractivity contribution >= 4 is 23.5 Å². The molecule has 1 aromatic heterocycles. The summed E-state index contributed by atoms with van der Waals surface area (Å²) in [5, 5.41) is 3.10. The number of piperazine rings is 1. The fraction of sp³-hybridized carbons (Fsp3) is 0.360. The molecule has 1 fully saturated rings. The molecular formula is C25H32N6O2. The number of carbonyl (C=O) groups is 2. The zero-order chi connectivity index (χ0) is 24.0. The van der Waals surface area contributed by atoms with Crippen LogP contribution in [0.5, 0.6) is 0 Å². The number of anilines is 1. The number of aliphatic imine (C=N–C) groups is 1. The number of rotatable bonds is 4. The topological polar surface area (TPSA) is 104 Å². The molecule has 2 aromatic rings. The Morgan fingerprint density at radius 2 is 1.91 bits per heavy atom.